The summed E-state index contributed by atoms with van der Waals surface area (Å²) in [5.74, 6) is 0. The normalized spacial score (nSPS) is 12.1. The van der Waals surface area contributed by atoms with Crippen molar-refractivity contribution in [3.8, 4) is 0 Å². The summed E-state index contributed by atoms with van der Waals surface area (Å²) in [5.41, 5.74) is 1.60. The van der Waals surface area contributed by atoms with Gasteiger partial charge in [0, 0.05) is 0 Å². The Hall–Kier alpha value is -1.27. The van der Waals surface area contributed by atoms with Crippen LogP contribution in [0.2, 0.25) is 0 Å². The molecule has 0 radical (unpaired) electrons. The van der Waals surface area contributed by atoms with Gasteiger partial charge in [0.15, 0.2) is 0 Å². The van der Waals surface area contributed by atoms with Gasteiger partial charge in [-0.3, -0.25) is 4.55 Å². The van der Waals surface area contributed by atoms with Crippen LogP contribution in [0.25, 0.3) is 0 Å². The summed E-state index contributed by atoms with van der Waals surface area (Å²) < 4.78 is 31.9. The highest BCUT2D eigenvalue weighted by Gasteiger charge is 1.99. The molecule has 0 spiro atoms. The monoisotopic (exact) mass is 270 g/mol. The van der Waals surface area contributed by atoms with Crippen LogP contribution in [0.1, 0.15) is 38.2 Å². The molecule has 0 amide bonds. The highest BCUT2D eigenvalue weighted by molar-refractivity contribution is 7.84. The molecule has 0 atom stereocenters. The van der Waals surface area contributed by atoms with Crippen molar-refractivity contribution < 1.29 is 13.0 Å². The van der Waals surface area contributed by atoms with Gasteiger partial charge in [-0.1, -0.05) is 38.3 Å². The Morgan fingerprint density at radius 2 is 1.78 bits per heavy atom. The predicted octanol–water partition coefficient (Wildman–Crippen LogP) is 3.70. The first-order valence-electron chi connectivity index (χ1n) is 6.00. The molecule has 0 aliphatic rings. The molecule has 0 aliphatic carbocycles. The van der Waals surface area contributed by atoms with E-state index in [4.69, 9.17) is 4.55 Å². The van der Waals surface area contributed by atoms with E-state index in [-0.39, 0.29) is 0 Å². The van der Waals surface area contributed by atoms with Crippen molar-refractivity contribution in [3.63, 3.8) is 0 Å². The lowest BCUT2D eigenvalue weighted by molar-refractivity contribution is 0.482. The molecule has 0 fully saturated rings. The van der Waals surface area contributed by atoms with Crippen molar-refractivity contribution >= 4 is 16.0 Å². The fourth-order valence-electron chi connectivity index (χ4n) is 1.58. The summed E-state index contributed by atoms with van der Waals surface area (Å²) in [6.45, 7) is 2.18. The SMILES string of the molecule is CCCCCCc1ccc(N=NS(=O)(=O)O)cc1. The van der Waals surface area contributed by atoms with Crippen LogP contribution in [0.4, 0.5) is 5.69 Å². The summed E-state index contributed by atoms with van der Waals surface area (Å²) in [4.78, 5) is 0. The molecular formula is C12H18N2O3S. The molecule has 1 N–H and O–H groups in total. The second-order valence-corrected chi connectivity index (χ2v) is 5.17. The Morgan fingerprint density at radius 3 is 2.33 bits per heavy atom. The van der Waals surface area contributed by atoms with E-state index in [1.54, 1.807) is 12.1 Å². The fraction of sp³-hybridized carbons (Fsp3) is 0.500. The second-order valence-electron chi connectivity index (χ2n) is 4.11. The maximum Gasteiger partial charge on any atom is 0.396 e. The van der Waals surface area contributed by atoms with E-state index in [0.717, 1.165) is 12.8 Å². The number of hydrogen-bond acceptors (Lipinski definition) is 3. The van der Waals surface area contributed by atoms with Crippen molar-refractivity contribution in [2.24, 2.45) is 9.63 Å². The molecule has 0 aromatic heterocycles. The van der Waals surface area contributed by atoms with Crippen molar-refractivity contribution in [2.45, 2.75) is 39.0 Å². The van der Waals surface area contributed by atoms with Crippen LogP contribution in [-0.2, 0) is 16.7 Å². The summed E-state index contributed by atoms with van der Waals surface area (Å²) in [5, 5.41) is 3.42. The van der Waals surface area contributed by atoms with Gasteiger partial charge in [-0.05, 0) is 35.1 Å². The van der Waals surface area contributed by atoms with Gasteiger partial charge in [0.05, 0.1) is 5.69 Å². The molecule has 0 saturated heterocycles. The molecule has 1 aromatic rings. The summed E-state index contributed by atoms with van der Waals surface area (Å²) in [7, 11) is -4.39. The van der Waals surface area contributed by atoms with Crippen LogP contribution >= 0.6 is 0 Å². The zero-order valence-corrected chi connectivity index (χ0v) is 11.2. The summed E-state index contributed by atoms with van der Waals surface area (Å²) >= 11 is 0. The highest BCUT2D eigenvalue weighted by atomic mass is 32.2. The van der Waals surface area contributed by atoms with Crippen molar-refractivity contribution in [3.05, 3.63) is 29.8 Å². The minimum absolute atomic E-state index is 0.407. The molecule has 0 heterocycles. The van der Waals surface area contributed by atoms with Crippen molar-refractivity contribution in [1.82, 2.24) is 0 Å². The first kappa shape index (κ1) is 14.8. The number of nitrogens with zero attached hydrogens (tertiary/aromatic N) is 2. The third kappa shape index (κ3) is 6.46. The van der Waals surface area contributed by atoms with Crippen LogP contribution in [0, 0.1) is 0 Å². The molecule has 100 valence electrons. The minimum Gasteiger partial charge on any atom is -0.267 e. The lowest BCUT2D eigenvalue weighted by atomic mass is 10.1. The van der Waals surface area contributed by atoms with Gasteiger partial charge in [-0.2, -0.15) is 8.42 Å². The van der Waals surface area contributed by atoms with Gasteiger partial charge >= 0.3 is 10.3 Å². The standard InChI is InChI=1S/C12H18N2O3S/c1-2-3-4-5-6-11-7-9-12(10-8-11)13-14-18(15,16)17/h7-10H,2-6H2,1H3,(H,15,16,17). The van der Waals surface area contributed by atoms with E-state index in [1.165, 1.54) is 24.8 Å². The molecule has 1 aromatic carbocycles. The quantitative estimate of drug-likeness (QED) is 0.466. The van der Waals surface area contributed by atoms with Gasteiger partial charge in [-0.15, -0.1) is 5.11 Å². The van der Waals surface area contributed by atoms with Crippen LogP contribution < -0.4 is 0 Å². The zero-order chi connectivity index (χ0) is 13.4. The zero-order valence-electron chi connectivity index (χ0n) is 10.4. The van der Waals surface area contributed by atoms with Gasteiger partial charge in [-0.25, -0.2) is 0 Å². The average molecular weight is 270 g/mol. The number of unbranched alkanes of at least 4 members (excludes halogenated alkanes) is 3. The Kier molecular flexibility index (Phi) is 5.94. The van der Waals surface area contributed by atoms with Crippen molar-refractivity contribution in [2.75, 3.05) is 0 Å². The van der Waals surface area contributed by atoms with Crippen LogP contribution in [0.15, 0.2) is 33.9 Å². The van der Waals surface area contributed by atoms with E-state index in [1.807, 2.05) is 12.1 Å². The topological polar surface area (TPSA) is 79.1 Å². The maximum absolute atomic E-state index is 10.4. The number of rotatable bonds is 7. The van der Waals surface area contributed by atoms with Crippen LogP contribution in [0.3, 0.4) is 0 Å². The molecular weight excluding hydrogens is 252 g/mol. The van der Waals surface area contributed by atoms with Gasteiger partial charge < -0.3 is 0 Å². The molecule has 18 heavy (non-hydrogen) atoms. The molecule has 6 heteroatoms. The Morgan fingerprint density at radius 1 is 1.11 bits per heavy atom. The maximum atomic E-state index is 10.4. The molecule has 0 bridgehead atoms. The average Bonchev–Trinajstić information content (AvgIpc) is 2.33. The first-order valence-corrected chi connectivity index (χ1v) is 7.40. The van der Waals surface area contributed by atoms with Crippen LogP contribution in [0.5, 0.6) is 0 Å². The minimum atomic E-state index is -4.39. The molecule has 1 rings (SSSR count). The van der Waals surface area contributed by atoms with E-state index in [0.29, 0.717) is 5.69 Å². The van der Waals surface area contributed by atoms with E-state index < -0.39 is 10.3 Å². The van der Waals surface area contributed by atoms with Gasteiger partial charge in [0.2, 0.25) is 0 Å². The second kappa shape index (κ2) is 7.23. The Labute approximate surface area is 108 Å². The van der Waals surface area contributed by atoms with Gasteiger partial charge in [0.25, 0.3) is 0 Å². The van der Waals surface area contributed by atoms with E-state index >= 15 is 0 Å². The number of benzene rings is 1. The smallest absolute Gasteiger partial charge is 0.267 e. The lowest BCUT2D eigenvalue weighted by Crippen LogP contribution is -1.88. The van der Waals surface area contributed by atoms with Crippen molar-refractivity contribution in [1.29, 1.82) is 0 Å². The van der Waals surface area contributed by atoms with Crippen LogP contribution in [-0.4, -0.2) is 13.0 Å². The largest absolute Gasteiger partial charge is 0.396 e. The Balaban J connectivity index is 2.50. The molecule has 5 nitrogen and oxygen atoms in total. The third-order valence-corrected chi connectivity index (χ3v) is 2.80. The third-order valence-electron chi connectivity index (χ3n) is 2.51. The number of aryl methyl sites for hydroxylation is 1. The van der Waals surface area contributed by atoms with Gasteiger partial charge in [0.1, 0.15) is 0 Å². The molecule has 0 unspecified atom stereocenters. The predicted molar refractivity (Wildman–Crippen MR) is 70.4 cm³/mol. The van der Waals surface area contributed by atoms with E-state index in [9.17, 15) is 8.42 Å². The number of hydrogen-bond donors (Lipinski definition) is 1. The molecule has 0 saturated carbocycles. The Bertz CT molecular complexity index is 481. The highest BCUT2D eigenvalue weighted by Crippen LogP contribution is 2.16. The fourth-order valence-corrected chi connectivity index (χ4v) is 1.78. The lowest BCUT2D eigenvalue weighted by Gasteiger charge is -2.01. The van der Waals surface area contributed by atoms with E-state index in [2.05, 4.69) is 16.6 Å². The molecule has 0 aliphatic heterocycles. The first-order chi connectivity index (χ1) is 8.51. The summed E-state index contributed by atoms with van der Waals surface area (Å²) in [6.07, 6.45) is 5.85. The summed E-state index contributed by atoms with van der Waals surface area (Å²) in [6, 6.07) is 7.16.